The van der Waals surface area contributed by atoms with Crippen molar-refractivity contribution < 1.29 is 50.0 Å². The zero-order chi connectivity index (χ0) is 35.8. The van der Waals surface area contributed by atoms with Crippen LogP contribution in [-0.2, 0) is 25.6 Å². The van der Waals surface area contributed by atoms with E-state index in [1.807, 2.05) is 0 Å². The van der Waals surface area contributed by atoms with Crippen LogP contribution in [0.1, 0.15) is 82.4 Å². The van der Waals surface area contributed by atoms with E-state index in [9.17, 15) is 40.5 Å². The number of carbonyl (C=O) groups is 3. The number of hydrogen-bond donors (Lipinski definition) is 2. The molecular weight excluding hydrogens is 653 g/mol. The van der Waals surface area contributed by atoms with Gasteiger partial charge in [-0.3, -0.25) is 4.79 Å². The Labute approximate surface area is 269 Å². The predicted molar refractivity (Wildman–Crippen MR) is 163 cm³/mol. The van der Waals surface area contributed by atoms with Gasteiger partial charge in [-0.15, -0.1) is 4.31 Å². The van der Waals surface area contributed by atoms with Crippen LogP contribution in [0.3, 0.4) is 0 Å². The molecular formula is C30H38F5N5O6S. The molecule has 0 aliphatic carbocycles. The number of amides is 3. The summed E-state index contributed by atoms with van der Waals surface area (Å²) in [5, 5.41) is 2.37. The summed E-state index contributed by atoms with van der Waals surface area (Å²) < 4.78 is 103. The SMILES string of the molecule is Cc1nc(N2CCCC(F)(F)CC2)c(C(=O)Nc2cccc(S(=N)(=O)N(C(=O)OC(C)(C)C)C(=O)OC(C)(C)C)c2)cc1C(F)(F)F. The molecule has 1 unspecified atom stereocenters. The van der Waals surface area contributed by atoms with Crippen molar-refractivity contribution in [2.45, 2.75) is 95.9 Å². The molecule has 2 heterocycles. The van der Waals surface area contributed by atoms with E-state index in [4.69, 9.17) is 14.3 Å². The lowest BCUT2D eigenvalue weighted by Gasteiger charge is -2.29. The monoisotopic (exact) mass is 691 g/mol. The number of rotatable bonds is 5. The van der Waals surface area contributed by atoms with Gasteiger partial charge < -0.3 is 19.7 Å². The third-order valence-electron chi connectivity index (χ3n) is 6.55. The molecule has 2 N–H and O–H groups in total. The highest BCUT2D eigenvalue weighted by atomic mass is 32.2. The first-order chi connectivity index (χ1) is 21.3. The molecule has 0 bridgehead atoms. The number of alkyl halides is 5. The number of aromatic nitrogens is 1. The van der Waals surface area contributed by atoms with Gasteiger partial charge in [-0.05, 0) is 79.2 Å². The molecule has 1 aromatic carbocycles. The van der Waals surface area contributed by atoms with Crippen molar-refractivity contribution in [2.75, 3.05) is 23.3 Å². The quantitative estimate of drug-likeness (QED) is 0.303. The molecule has 11 nitrogen and oxygen atoms in total. The highest BCUT2D eigenvalue weighted by Crippen LogP contribution is 2.36. The van der Waals surface area contributed by atoms with Gasteiger partial charge >= 0.3 is 18.4 Å². The van der Waals surface area contributed by atoms with Gasteiger partial charge in [0.05, 0.1) is 21.7 Å². The second-order valence-electron chi connectivity index (χ2n) is 12.9. The zero-order valence-electron chi connectivity index (χ0n) is 27.0. The maximum Gasteiger partial charge on any atom is 0.433 e. The van der Waals surface area contributed by atoms with E-state index >= 15 is 0 Å². The van der Waals surface area contributed by atoms with Gasteiger partial charge in [0.2, 0.25) is 5.92 Å². The lowest BCUT2D eigenvalue weighted by Crippen LogP contribution is -2.46. The van der Waals surface area contributed by atoms with E-state index in [0.717, 1.165) is 19.1 Å². The molecule has 1 aliphatic rings. The topological polar surface area (TPSA) is 142 Å². The molecule has 0 saturated carbocycles. The van der Waals surface area contributed by atoms with Gasteiger partial charge in [-0.25, -0.2) is 32.3 Å². The van der Waals surface area contributed by atoms with Gasteiger partial charge in [-0.1, -0.05) is 6.07 Å². The number of imide groups is 1. The average Bonchev–Trinajstić information content (AvgIpc) is 3.05. The summed E-state index contributed by atoms with van der Waals surface area (Å²) in [7, 11) is -4.55. The summed E-state index contributed by atoms with van der Waals surface area (Å²) in [6.07, 6.45) is -8.81. The number of nitrogens with one attached hydrogen (secondary N) is 2. The molecule has 260 valence electrons. The van der Waals surface area contributed by atoms with Crippen LogP contribution in [0.5, 0.6) is 0 Å². The van der Waals surface area contributed by atoms with Crippen molar-refractivity contribution in [1.29, 1.82) is 4.78 Å². The van der Waals surface area contributed by atoms with Gasteiger partial charge in [0.25, 0.3) is 5.91 Å². The fourth-order valence-electron chi connectivity index (χ4n) is 4.50. The summed E-state index contributed by atoms with van der Waals surface area (Å²) in [6, 6.07) is 5.20. The van der Waals surface area contributed by atoms with Crippen molar-refractivity contribution in [3.05, 3.63) is 47.2 Å². The van der Waals surface area contributed by atoms with Crippen molar-refractivity contribution in [2.24, 2.45) is 0 Å². The van der Waals surface area contributed by atoms with E-state index < -0.39 is 85.9 Å². The second kappa shape index (κ2) is 13.2. The van der Waals surface area contributed by atoms with Crippen LogP contribution >= 0.6 is 0 Å². The molecule has 1 saturated heterocycles. The molecule has 1 aliphatic heterocycles. The molecule has 1 fully saturated rings. The van der Waals surface area contributed by atoms with Crippen LogP contribution in [0.15, 0.2) is 35.2 Å². The van der Waals surface area contributed by atoms with E-state index in [1.54, 1.807) is 0 Å². The maximum atomic E-state index is 14.1. The Morgan fingerprint density at radius 3 is 2.09 bits per heavy atom. The van der Waals surface area contributed by atoms with E-state index in [1.165, 1.54) is 58.6 Å². The first-order valence-electron chi connectivity index (χ1n) is 14.5. The Kier molecular flexibility index (Phi) is 10.5. The predicted octanol–water partition coefficient (Wildman–Crippen LogP) is 7.78. The van der Waals surface area contributed by atoms with Gasteiger partial charge in [0, 0.05) is 31.6 Å². The first-order valence-corrected chi connectivity index (χ1v) is 16.0. The fourth-order valence-corrected chi connectivity index (χ4v) is 5.76. The second-order valence-corrected chi connectivity index (χ2v) is 14.8. The van der Waals surface area contributed by atoms with Crippen molar-refractivity contribution in [3.63, 3.8) is 0 Å². The van der Waals surface area contributed by atoms with Crippen LogP contribution in [0.25, 0.3) is 0 Å². The largest absolute Gasteiger partial charge is 0.443 e. The smallest absolute Gasteiger partial charge is 0.433 e. The molecule has 0 spiro atoms. The highest BCUT2D eigenvalue weighted by molar-refractivity contribution is 7.91. The Morgan fingerprint density at radius 2 is 1.55 bits per heavy atom. The lowest BCUT2D eigenvalue weighted by molar-refractivity contribution is -0.138. The minimum absolute atomic E-state index is 0.00150. The van der Waals surface area contributed by atoms with Gasteiger partial charge in [0.15, 0.2) is 9.92 Å². The lowest BCUT2D eigenvalue weighted by atomic mass is 10.1. The number of pyridine rings is 1. The van der Waals surface area contributed by atoms with E-state index in [2.05, 4.69) is 10.3 Å². The van der Waals surface area contributed by atoms with Gasteiger partial charge in [0.1, 0.15) is 17.0 Å². The van der Waals surface area contributed by atoms with Crippen LogP contribution in [0, 0.1) is 11.7 Å². The van der Waals surface area contributed by atoms with Crippen molar-refractivity contribution in [3.8, 4) is 0 Å². The normalized spacial score (nSPS) is 16.8. The number of halogens is 5. The first kappa shape index (κ1) is 37.4. The average molecular weight is 692 g/mol. The highest BCUT2D eigenvalue weighted by Gasteiger charge is 2.40. The Morgan fingerprint density at radius 1 is 0.979 bits per heavy atom. The summed E-state index contributed by atoms with van der Waals surface area (Å²) in [6.45, 7) is 9.72. The molecule has 17 heteroatoms. The molecule has 1 atom stereocenters. The van der Waals surface area contributed by atoms with E-state index in [0.29, 0.717) is 6.07 Å². The summed E-state index contributed by atoms with van der Waals surface area (Å²) in [5.41, 5.74) is -4.74. The number of hydrogen-bond acceptors (Lipinski definition) is 9. The Bertz CT molecular complexity index is 1610. The molecule has 3 amide bonds. The standard InChI is InChI=1S/C30H38F5N5O6S/c1-18-22(30(33,34)35)17-21(23(37-18)39-14-9-12-29(31,32)13-15-39)24(41)38-19-10-8-11-20(16-19)47(36,44)40(25(42)45-27(2,3)4)26(43)46-28(5,6)7/h8,10-11,16-17,36H,9,12-15H2,1-7H3,(H,38,41). The number of anilines is 2. The molecule has 0 radical (unpaired) electrons. The van der Waals surface area contributed by atoms with Crippen molar-refractivity contribution >= 4 is 39.5 Å². The third kappa shape index (κ3) is 9.74. The van der Waals surface area contributed by atoms with Crippen LogP contribution in [-0.4, -0.2) is 61.8 Å². The molecule has 2 aromatic rings. The maximum absolute atomic E-state index is 14.1. The fraction of sp³-hybridized carbons (Fsp3) is 0.533. The zero-order valence-corrected chi connectivity index (χ0v) is 27.8. The number of aryl methyl sites for hydroxylation is 1. The van der Waals surface area contributed by atoms with Crippen molar-refractivity contribution in [1.82, 2.24) is 9.29 Å². The number of ether oxygens (including phenoxy) is 2. The summed E-state index contributed by atoms with van der Waals surface area (Å²) >= 11 is 0. The van der Waals surface area contributed by atoms with E-state index in [-0.39, 0.29) is 35.3 Å². The summed E-state index contributed by atoms with van der Waals surface area (Å²) in [4.78, 5) is 44.5. The van der Waals surface area contributed by atoms with Crippen LogP contribution in [0.2, 0.25) is 0 Å². The number of benzene rings is 1. The minimum Gasteiger partial charge on any atom is -0.443 e. The molecule has 3 rings (SSSR count). The summed E-state index contributed by atoms with van der Waals surface area (Å²) in [5.74, 6) is -4.33. The number of carbonyl (C=O) groups excluding carboxylic acids is 3. The van der Waals surface area contributed by atoms with Crippen LogP contribution in [0.4, 0.5) is 43.0 Å². The molecule has 47 heavy (non-hydrogen) atoms. The Balaban J connectivity index is 2.05. The van der Waals surface area contributed by atoms with Gasteiger partial charge in [-0.2, -0.15) is 13.2 Å². The third-order valence-corrected chi connectivity index (χ3v) is 8.25. The minimum atomic E-state index is -4.89. The Hall–Kier alpha value is -4.02. The van der Waals surface area contributed by atoms with Crippen LogP contribution < -0.4 is 10.2 Å². The number of nitrogens with zero attached hydrogens (tertiary/aromatic N) is 3. The molecule has 1 aromatic heterocycles.